The molecule has 0 aliphatic heterocycles. The molecule has 0 saturated carbocycles. The molecule has 0 atom stereocenters. The summed E-state index contributed by atoms with van der Waals surface area (Å²) in [4.78, 5) is 15.2. The Morgan fingerprint density at radius 1 is 1.75 bits per heavy atom. The van der Waals surface area contributed by atoms with Crippen LogP contribution in [-0.4, -0.2) is 19.7 Å². The highest BCUT2D eigenvalue weighted by Crippen LogP contribution is 2.08. The molecule has 0 aliphatic carbocycles. The molecule has 0 bridgehead atoms. The molecule has 0 aromatic carbocycles. The Hall–Kier alpha value is -1.21. The van der Waals surface area contributed by atoms with Crippen LogP contribution in [0.25, 0.3) is 4.96 Å². The van der Waals surface area contributed by atoms with E-state index >= 15 is 0 Å². The van der Waals surface area contributed by atoms with E-state index in [1.165, 1.54) is 4.52 Å². The maximum Gasteiger partial charge on any atom is 0.277 e. The molecular formula is C5H3N3O2S2. The number of fused-ring (bicyclic) bond motifs is 1. The van der Waals surface area contributed by atoms with Gasteiger partial charge < -0.3 is 5.11 Å². The highest BCUT2D eigenvalue weighted by molar-refractivity contribution is 7.73. The zero-order valence-corrected chi connectivity index (χ0v) is 7.28. The Morgan fingerprint density at radius 2 is 2.50 bits per heavy atom. The van der Waals surface area contributed by atoms with E-state index in [1.807, 2.05) is 0 Å². The van der Waals surface area contributed by atoms with Gasteiger partial charge in [0.25, 0.3) is 5.56 Å². The monoisotopic (exact) mass is 201 g/mol. The number of nitrogens with one attached hydrogen (secondary N) is 1. The van der Waals surface area contributed by atoms with Crippen LogP contribution in [0.4, 0.5) is 0 Å². The number of H-pyrrole nitrogens is 1. The maximum atomic E-state index is 11.1. The third-order valence-electron chi connectivity index (χ3n) is 1.26. The fourth-order valence-corrected chi connectivity index (χ4v) is 1.80. The van der Waals surface area contributed by atoms with Gasteiger partial charge in [0.1, 0.15) is 0 Å². The van der Waals surface area contributed by atoms with Crippen molar-refractivity contribution in [2.24, 2.45) is 0 Å². The topological polar surface area (TPSA) is 70.4 Å². The number of aromatic amines is 1. The summed E-state index contributed by atoms with van der Waals surface area (Å²) in [5.41, 5.74) is -0.371. The second-order valence-corrected chi connectivity index (χ2v) is 3.72. The molecule has 5 nitrogen and oxygen atoms in total. The second kappa shape index (κ2) is 2.39. The van der Waals surface area contributed by atoms with Crippen molar-refractivity contribution in [1.29, 1.82) is 0 Å². The zero-order valence-electron chi connectivity index (χ0n) is 5.64. The molecule has 0 saturated heterocycles. The lowest BCUT2D eigenvalue weighted by molar-refractivity contribution is 0.452. The first-order valence-electron chi connectivity index (χ1n) is 2.99. The summed E-state index contributed by atoms with van der Waals surface area (Å²) >= 11 is 5.93. The Bertz CT molecular complexity index is 537. The summed E-state index contributed by atoms with van der Waals surface area (Å²) < 4.78 is 1.64. The van der Waals surface area contributed by atoms with Crippen molar-refractivity contribution in [1.82, 2.24) is 14.6 Å². The summed E-state index contributed by atoms with van der Waals surface area (Å²) in [5.74, 6) is -0.287. The number of aromatic hydroxyl groups is 1. The van der Waals surface area contributed by atoms with Crippen LogP contribution in [0.5, 0.6) is 5.88 Å². The molecule has 7 heteroatoms. The van der Waals surface area contributed by atoms with Gasteiger partial charge in [-0.15, -0.1) is 0 Å². The van der Waals surface area contributed by atoms with Gasteiger partial charge in [0.15, 0.2) is 3.95 Å². The third kappa shape index (κ3) is 1.03. The molecule has 0 radical (unpaired) electrons. The normalized spacial score (nSPS) is 10.7. The van der Waals surface area contributed by atoms with Crippen LogP contribution >= 0.6 is 23.6 Å². The second-order valence-electron chi connectivity index (χ2n) is 2.07. The number of nitrogens with zero attached hydrogens (tertiary/aromatic N) is 2. The molecule has 12 heavy (non-hydrogen) atoms. The fraction of sp³-hybridized carbons (Fsp3) is 0. The van der Waals surface area contributed by atoms with E-state index < -0.39 is 0 Å². The smallest absolute Gasteiger partial charge is 0.277 e. The quantitative estimate of drug-likeness (QED) is 0.609. The van der Waals surface area contributed by atoms with Gasteiger partial charge in [-0.25, -0.2) is 0 Å². The SMILES string of the molecule is O=c1cc(O)nc2sc(=S)[nH]n12. The highest BCUT2D eigenvalue weighted by Gasteiger charge is 2.01. The number of hydrogen-bond donors (Lipinski definition) is 2. The Kier molecular flexibility index (Phi) is 1.48. The molecule has 2 heterocycles. The molecule has 2 N–H and O–H groups in total. The van der Waals surface area contributed by atoms with Crippen molar-refractivity contribution in [3.63, 3.8) is 0 Å². The van der Waals surface area contributed by atoms with Crippen LogP contribution in [0.2, 0.25) is 0 Å². The molecule has 2 aromatic heterocycles. The van der Waals surface area contributed by atoms with Gasteiger partial charge in [0.2, 0.25) is 10.8 Å². The molecule has 2 rings (SSSR count). The molecular weight excluding hydrogens is 198 g/mol. The van der Waals surface area contributed by atoms with Crippen molar-refractivity contribution < 1.29 is 5.11 Å². The first-order valence-corrected chi connectivity index (χ1v) is 4.21. The van der Waals surface area contributed by atoms with E-state index in [0.717, 1.165) is 17.4 Å². The lowest BCUT2D eigenvalue weighted by Gasteiger charge is -1.89. The van der Waals surface area contributed by atoms with Gasteiger partial charge >= 0.3 is 0 Å². The number of rotatable bonds is 0. The average molecular weight is 201 g/mol. The van der Waals surface area contributed by atoms with Crippen LogP contribution in [0.1, 0.15) is 0 Å². The van der Waals surface area contributed by atoms with E-state index in [0.29, 0.717) is 8.92 Å². The molecule has 0 fully saturated rings. The van der Waals surface area contributed by atoms with E-state index in [2.05, 4.69) is 10.1 Å². The summed E-state index contributed by atoms with van der Waals surface area (Å²) in [6, 6.07) is 1.02. The predicted molar refractivity (Wildman–Crippen MR) is 46.2 cm³/mol. The minimum absolute atomic E-state index is 0.287. The molecule has 0 aliphatic rings. The van der Waals surface area contributed by atoms with Gasteiger partial charge in [0, 0.05) is 0 Å². The summed E-state index contributed by atoms with van der Waals surface area (Å²) in [6.07, 6.45) is 0. The van der Waals surface area contributed by atoms with Crippen LogP contribution in [-0.2, 0) is 0 Å². The van der Waals surface area contributed by atoms with Gasteiger partial charge in [-0.05, 0) is 12.2 Å². The van der Waals surface area contributed by atoms with Crippen LogP contribution in [0.3, 0.4) is 0 Å². The first kappa shape index (κ1) is 7.44. The first-order chi connectivity index (χ1) is 5.66. The lowest BCUT2D eigenvalue weighted by atomic mass is 10.6. The molecule has 2 aromatic rings. The van der Waals surface area contributed by atoms with Crippen molar-refractivity contribution in [3.05, 3.63) is 20.4 Å². The van der Waals surface area contributed by atoms with Crippen LogP contribution in [0.15, 0.2) is 10.9 Å². The van der Waals surface area contributed by atoms with Crippen LogP contribution < -0.4 is 5.56 Å². The van der Waals surface area contributed by atoms with E-state index in [-0.39, 0.29) is 11.4 Å². The Balaban J connectivity index is 3.08. The third-order valence-corrected chi connectivity index (χ3v) is 2.34. The fourth-order valence-electron chi connectivity index (χ4n) is 0.818. The van der Waals surface area contributed by atoms with Gasteiger partial charge in [-0.2, -0.15) is 9.50 Å². The Morgan fingerprint density at radius 3 is 3.25 bits per heavy atom. The maximum absolute atomic E-state index is 11.1. The zero-order chi connectivity index (χ0) is 8.72. The molecule has 0 unspecified atom stereocenters. The molecule has 62 valence electrons. The van der Waals surface area contributed by atoms with Crippen molar-refractivity contribution in [2.45, 2.75) is 0 Å². The summed E-state index contributed by atoms with van der Waals surface area (Å²) in [7, 11) is 0. The van der Waals surface area contributed by atoms with E-state index in [4.69, 9.17) is 17.3 Å². The minimum atomic E-state index is -0.371. The molecule has 0 spiro atoms. The predicted octanol–water partition coefficient (Wildman–Crippen LogP) is 0.519. The summed E-state index contributed by atoms with van der Waals surface area (Å²) in [5, 5.41) is 11.6. The Labute approximate surface area is 74.9 Å². The van der Waals surface area contributed by atoms with E-state index in [1.54, 1.807) is 0 Å². The van der Waals surface area contributed by atoms with Crippen LogP contribution in [0, 0.1) is 3.95 Å². The average Bonchev–Trinajstić information content (AvgIpc) is 2.29. The van der Waals surface area contributed by atoms with Crippen molar-refractivity contribution >= 4 is 28.5 Å². The largest absolute Gasteiger partial charge is 0.493 e. The van der Waals surface area contributed by atoms with Gasteiger partial charge in [-0.1, -0.05) is 11.3 Å². The number of hydrogen-bond acceptors (Lipinski definition) is 5. The summed E-state index contributed by atoms with van der Waals surface area (Å²) in [6.45, 7) is 0. The molecule has 0 amide bonds. The highest BCUT2D eigenvalue weighted by atomic mass is 32.1. The van der Waals surface area contributed by atoms with Crippen molar-refractivity contribution in [2.75, 3.05) is 0 Å². The van der Waals surface area contributed by atoms with Crippen molar-refractivity contribution in [3.8, 4) is 5.88 Å². The van der Waals surface area contributed by atoms with Gasteiger partial charge in [0.05, 0.1) is 6.07 Å². The van der Waals surface area contributed by atoms with Gasteiger partial charge in [-0.3, -0.25) is 9.89 Å². The van der Waals surface area contributed by atoms with E-state index in [9.17, 15) is 4.79 Å². The minimum Gasteiger partial charge on any atom is -0.493 e. The lowest BCUT2D eigenvalue weighted by Crippen LogP contribution is -2.12. The number of aromatic nitrogens is 3. The standard InChI is InChI=1S/C5H3N3O2S2/c9-2-1-3(10)8-4(6-2)12-5(11)7-8/h1,9H,(H,7,11).